The lowest BCUT2D eigenvalue weighted by Crippen LogP contribution is -2.25. The molecule has 2 nitrogen and oxygen atoms in total. The molecule has 0 radical (unpaired) electrons. The molecule has 0 aliphatic heterocycles. The van der Waals surface area contributed by atoms with Crippen molar-refractivity contribution in [1.29, 1.82) is 0 Å². The Balaban J connectivity index is 1.76. The second kappa shape index (κ2) is 7.06. The molecule has 0 aromatic heterocycles. The number of aryl methyl sites for hydroxylation is 1. The first kappa shape index (κ1) is 14.5. The third-order valence-corrected chi connectivity index (χ3v) is 3.26. The Morgan fingerprint density at radius 2 is 1.75 bits per heavy atom. The van der Waals surface area contributed by atoms with Gasteiger partial charge in [-0.25, -0.2) is 4.39 Å². The number of hydrogen-bond donors (Lipinski definition) is 1. The third kappa shape index (κ3) is 4.35. The Labute approximate surface area is 120 Å². The van der Waals surface area contributed by atoms with E-state index in [1.54, 1.807) is 12.1 Å². The lowest BCUT2D eigenvalue weighted by atomic mass is 10.1. The highest BCUT2D eigenvalue weighted by molar-refractivity contribution is 5.44. The van der Waals surface area contributed by atoms with E-state index in [0.717, 1.165) is 19.6 Å². The number of anilines is 1. The largest absolute Gasteiger partial charge is 0.381 e. The van der Waals surface area contributed by atoms with E-state index < -0.39 is 0 Å². The Kier molecular flexibility index (Phi) is 5.13. The molecule has 0 atom stereocenters. The summed E-state index contributed by atoms with van der Waals surface area (Å²) in [6, 6.07) is 15.3. The average molecular weight is 272 g/mol. The van der Waals surface area contributed by atoms with Gasteiger partial charge in [-0.05, 0) is 31.7 Å². The van der Waals surface area contributed by atoms with Crippen LogP contribution in [0.3, 0.4) is 0 Å². The highest BCUT2D eigenvalue weighted by atomic mass is 19.1. The molecule has 0 aliphatic rings. The smallest absolute Gasteiger partial charge is 0.146 e. The summed E-state index contributed by atoms with van der Waals surface area (Å²) in [4.78, 5) is 2.22. The maximum atomic E-state index is 13.4. The lowest BCUT2D eigenvalue weighted by molar-refractivity contribution is 0.340. The molecule has 1 N–H and O–H groups in total. The molecule has 2 aromatic carbocycles. The molecule has 0 amide bonds. The van der Waals surface area contributed by atoms with Gasteiger partial charge in [0.05, 0.1) is 5.69 Å². The van der Waals surface area contributed by atoms with Gasteiger partial charge in [0.1, 0.15) is 5.82 Å². The van der Waals surface area contributed by atoms with Crippen LogP contribution in [0.15, 0.2) is 48.5 Å². The third-order valence-electron chi connectivity index (χ3n) is 3.26. The van der Waals surface area contributed by atoms with Crippen molar-refractivity contribution in [1.82, 2.24) is 4.90 Å². The summed E-state index contributed by atoms with van der Waals surface area (Å²) in [5.74, 6) is -0.200. The molecule has 0 spiro atoms. The van der Waals surface area contributed by atoms with Crippen molar-refractivity contribution in [2.24, 2.45) is 0 Å². The van der Waals surface area contributed by atoms with E-state index in [0.29, 0.717) is 5.69 Å². The van der Waals surface area contributed by atoms with Gasteiger partial charge >= 0.3 is 0 Å². The van der Waals surface area contributed by atoms with E-state index in [2.05, 4.69) is 48.5 Å². The fourth-order valence-electron chi connectivity index (χ4n) is 2.07. The van der Waals surface area contributed by atoms with Crippen LogP contribution in [0.2, 0.25) is 0 Å². The normalized spacial score (nSPS) is 10.8. The molecule has 2 rings (SSSR count). The summed E-state index contributed by atoms with van der Waals surface area (Å²) in [5, 5.41) is 3.12. The number of para-hydroxylation sites is 1. The van der Waals surface area contributed by atoms with Crippen molar-refractivity contribution in [2.45, 2.75) is 13.5 Å². The number of nitrogens with one attached hydrogen (secondary N) is 1. The number of benzene rings is 2. The van der Waals surface area contributed by atoms with Gasteiger partial charge < -0.3 is 10.2 Å². The standard InChI is InChI=1S/C17H21FN2/c1-14-7-9-15(10-8-14)13-20(2)12-11-19-17-6-4-3-5-16(17)18/h3-10,19H,11-13H2,1-2H3. The summed E-state index contributed by atoms with van der Waals surface area (Å²) in [7, 11) is 2.07. The molecular formula is C17H21FN2. The minimum Gasteiger partial charge on any atom is -0.381 e. The molecule has 0 bridgehead atoms. The van der Waals surface area contributed by atoms with E-state index in [1.807, 2.05) is 6.07 Å². The number of likely N-dealkylation sites (N-methyl/N-ethyl adjacent to an activating group) is 1. The zero-order valence-electron chi connectivity index (χ0n) is 12.1. The van der Waals surface area contributed by atoms with Crippen molar-refractivity contribution in [3.05, 3.63) is 65.5 Å². The minimum absolute atomic E-state index is 0.200. The SMILES string of the molecule is Cc1ccc(CN(C)CCNc2ccccc2F)cc1. The van der Waals surface area contributed by atoms with Gasteiger partial charge in [0.2, 0.25) is 0 Å². The van der Waals surface area contributed by atoms with E-state index in [1.165, 1.54) is 17.2 Å². The molecule has 0 aliphatic carbocycles. The molecule has 106 valence electrons. The van der Waals surface area contributed by atoms with Gasteiger partial charge in [0, 0.05) is 19.6 Å². The first-order chi connectivity index (χ1) is 9.65. The second-order valence-corrected chi connectivity index (χ2v) is 5.13. The first-order valence-corrected chi connectivity index (χ1v) is 6.87. The van der Waals surface area contributed by atoms with Crippen LogP contribution in [-0.2, 0) is 6.54 Å². The van der Waals surface area contributed by atoms with Crippen LogP contribution in [0, 0.1) is 12.7 Å². The fraction of sp³-hybridized carbons (Fsp3) is 0.294. The zero-order valence-corrected chi connectivity index (χ0v) is 12.1. The predicted octanol–water partition coefficient (Wildman–Crippen LogP) is 3.68. The molecular weight excluding hydrogens is 251 g/mol. The Hall–Kier alpha value is -1.87. The molecule has 0 heterocycles. The van der Waals surface area contributed by atoms with Crippen molar-refractivity contribution in [3.63, 3.8) is 0 Å². The van der Waals surface area contributed by atoms with Crippen LogP contribution in [-0.4, -0.2) is 25.0 Å². The van der Waals surface area contributed by atoms with Gasteiger partial charge in [0.25, 0.3) is 0 Å². The molecule has 0 unspecified atom stereocenters. The summed E-state index contributed by atoms with van der Waals surface area (Å²) >= 11 is 0. The Morgan fingerprint density at radius 1 is 1.05 bits per heavy atom. The topological polar surface area (TPSA) is 15.3 Å². The highest BCUT2D eigenvalue weighted by Gasteiger charge is 2.02. The molecule has 0 saturated carbocycles. The van der Waals surface area contributed by atoms with E-state index in [-0.39, 0.29) is 5.82 Å². The Morgan fingerprint density at radius 3 is 2.45 bits per heavy atom. The molecule has 3 heteroatoms. The van der Waals surface area contributed by atoms with Crippen LogP contribution in [0.1, 0.15) is 11.1 Å². The lowest BCUT2D eigenvalue weighted by Gasteiger charge is -2.17. The summed E-state index contributed by atoms with van der Waals surface area (Å²) < 4.78 is 13.4. The van der Waals surface area contributed by atoms with E-state index in [4.69, 9.17) is 0 Å². The monoisotopic (exact) mass is 272 g/mol. The number of nitrogens with zero attached hydrogens (tertiary/aromatic N) is 1. The van der Waals surface area contributed by atoms with E-state index >= 15 is 0 Å². The number of halogens is 1. The second-order valence-electron chi connectivity index (χ2n) is 5.13. The minimum atomic E-state index is -0.200. The van der Waals surface area contributed by atoms with Crippen LogP contribution in [0.5, 0.6) is 0 Å². The molecule has 0 saturated heterocycles. The van der Waals surface area contributed by atoms with Crippen LogP contribution in [0.4, 0.5) is 10.1 Å². The van der Waals surface area contributed by atoms with Gasteiger partial charge in [0.15, 0.2) is 0 Å². The van der Waals surface area contributed by atoms with Crippen LogP contribution < -0.4 is 5.32 Å². The van der Waals surface area contributed by atoms with Crippen molar-refractivity contribution in [2.75, 3.05) is 25.5 Å². The van der Waals surface area contributed by atoms with E-state index in [9.17, 15) is 4.39 Å². The zero-order chi connectivity index (χ0) is 14.4. The predicted molar refractivity (Wildman–Crippen MR) is 82.4 cm³/mol. The summed E-state index contributed by atoms with van der Waals surface area (Å²) in [6.45, 7) is 4.58. The van der Waals surface area contributed by atoms with Gasteiger partial charge in [-0.2, -0.15) is 0 Å². The van der Waals surface area contributed by atoms with Crippen LogP contribution in [0.25, 0.3) is 0 Å². The summed E-state index contributed by atoms with van der Waals surface area (Å²) in [5.41, 5.74) is 3.14. The van der Waals surface area contributed by atoms with Crippen molar-refractivity contribution >= 4 is 5.69 Å². The highest BCUT2D eigenvalue weighted by Crippen LogP contribution is 2.12. The van der Waals surface area contributed by atoms with Crippen LogP contribution >= 0.6 is 0 Å². The van der Waals surface area contributed by atoms with Gasteiger partial charge in [-0.3, -0.25) is 0 Å². The maximum absolute atomic E-state index is 13.4. The molecule has 2 aromatic rings. The average Bonchev–Trinajstić information content (AvgIpc) is 2.43. The molecule has 0 fully saturated rings. The Bertz CT molecular complexity index is 537. The number of hydrogen-bond acceptors (Lipinski definition) is 2. The van der Waals surface area contributed by atoms with Crippen molar-refractivity contribution in [3.8, 4) is 0 Å². The van der Waals surface area contributed by atoms with Gasteiger partial charge in [-0.1, -0.05) is 42.0 Å². The molecule has 20 heavy (non-hydrogen) atoms. The first-order valence-electron chi connectivity index (χ1n) is 6.87. The van der Waals surface area contributed by atoms with Crippen molar-refractivity contribution < 1.29 is 4.39 Å². The van der Waals surface area contributed by atoms with Gasteiger partial charge in [-0.15, -0.1) is 0 Å². The fourth-order valence-corrected chi connectivity index (χ4v) is 2.07. The number of rotatable bonds is 6. The quantitative estimate of drug-likeness (QED) is 0.863. The summed E-state index contributed by atoms with van der Waals surface area (Å²) in [6.07, 6.45) is 0. The maximum Gasteiger partial charge on any atom is 0.146 e.